The SMILES string of the molecule is COc1ccc(Br)cc1-n1c(=O)ccc2cc(SNc3ccon3)ccc21. The maximum atomic E-state index is 12.6. The summed E-state index contributed by atoms with van der Waals surface area (Å²) in [5.41, 5.74) is 1.35. The van der Waals surface area contributed by atoms with Crippen molar-refractivity contribution < 1.29 is 9.26 Å². The molecule has 0 bridgehead atoms. The molecule has 0 aliphatic heterocycles. The Bertz CT molecular complexity index is 1160. The Balaban J connectivity index is 1.79. The van der Waals surface area contributed by atoms with Crippen LogP contribution in [0.5, 0.6) is 5.75 Å². The van der Waals surface area contributed by atoms with Gasteiger partial charge >= 0.3 is 0 Å². The van der Waals surface area contributed by atoms with Crippen LogP contribution in [-0.2, 0) is 0 Å². The molecule has 0 aliphatic carbocycles. The van der Waals surface area contributed by atoms with Gasteiger partial charge in [-0.3, -0.25) is 9.36 Å². The molecule has 0 radical (unpaired) electrons. The number of nitrogens with one attached hydrogen (secondary N) is 1. The second-order valence-electron chi connectivity index (χ2n) is 5.63. The van der Waals surface area contributed by atoms with Crippen LogP contribution in [0.2, 0.25) is 0 Å². The molecule has 136 valence electrons. The van der Waals surface area contributed by atoms with E-state index in [0.717, 1.165) is 20.3 Å². The van der Waals surface area contributed by atoms with Gasteiger partial charge in [-0.15, -0.1) is 0 Å². The van der Waals surface area contributed by atoms with Crippen molar-refractivity contribution in [2.75, 3.05) is 11.8 Å². The number of ether oxygens (including phenoxy) is 1. The van der Waals surface area contributed by atoms with Crippen LogP contribution < -0.4 is 15.0 Å². The molecule has 0 aliphatic rings. The Kier molecular flexibility index (Phi) is 4.91. The summed E-state index contributed by atoms with van der Waals surface area (Å²) >= 11 is 4.88. The van der Waals surface area contributed by atoms with Crippen molar-refractivity contribution in [1.82, 2.24) is 9.72 Å². The summed E-state index contributed by atoms with van der Waals surface area (Å²) in [6.07, 6.45) is 1.51. The number of halogens is 1. The summed E-state index contributed by atoms with van der Waals surface area (Å²) in [4.78, 5) is 13.6. The Labute approximate surface area is 167 Å². The zero-order chi connectivity index (χ0) is 18.8. The topological polar surface area (TPSA) is 69.3 Å². The maximum Gasteiger partial charge on any atom is 0.255 e. The quantitative estimate of drug-likeness (QED) is 0.443. The second-order valence-corrected chi connectivity index (χ2v) is 7.43. The average molecular weight is 444 g/mol. The van der Waals surface area contributed by atoms with Crippen LogP contribution in [-0.4, -0.2) is 16.8 Å². The normalized spacial score (nSPS) is 10.9. The van der Waals surface area contributed by atoms with E-state index in [0.29, 0.717) is 17.3 Å². The lowest BCUT2D eigenvalue weighted by atomic mass is 10.2. The molecule has 27 heavy (non-hydrogen) atoms. The first-order valence-electron chi connectivity index (χ1n) is 7.99. The molecule has 8 heteroatoms. The summed E-state index contributed by atoms with van der Waals surface area (Å²) in [6.45, 7) is 0. The van der Waals surface area contributed by atoms with Gasteiger partial charge in [0, 0.05) is 21.5 Å². The van der Waals surface area contributed by atoms with Crippen molar-refractivity contribution in [2.45, 2.75) is 4.90 Å². The third-order valence-electron chi connectivity index (χ3n) is 3.96. The summed E-state index contributed by atoms with van der Waals surface area (Å²) < 4.78 is 15.9. The number of hydrogen-bond donors (Lipinski definition) is 1. The standard InChI is InChI=1S/C19H14BrN3O3S/c1-25-17-6-3-13(20)11-16(17)23-15-5-4-14(10-12(15)2-7-19(23)24)27-22-18-8-9-26-21-18/h2-11H,1H3,(H,21,22). The largest absolute Gasteiger partial charge is 0.495 e. The molecular weight excluding hydrogens is 430 g/mol. The molecule has 0 amide bonds. The van der Waals surface area contributed by atoms with Gasteiger partial charge in [0.25, 0.3) is 5.56 Å². The lowest BCUT2D eigenvalue weighted by molar-refractivity contribution is 0.413. The molecule has 0 saturated carbocycles. The van der Waals surface area contributed by atoms with Gasteiger partial charge in [-0.2, -0.15) is 0 Å². The minimum Gasteiger partial charge on any atom is -0.495 e. The molecule has 2 heterocycles. The van der Waals surface area contributed by atoms with Gasteiger partial charge in [-0.25, -0.2) is 0 Å². The molecule has 0 spiro atoms. The van der Waals surface area contributed by atoms with Gasteiger partial charge in [-0.05, 0) is 59.8 Å². The fourth-order valence-electron chi connectivity index (χ4n) is 2.75. The zero-order valence-corrected chi connectivity index (χ0v) is 16.6. The van der Waals surface area contributed by atoms with E-state index in [2.05, 4.69) is 25.8 Å². The summed E-state index contributed by atoms with van der Waals surface area (Å²) in [6, 6.07) is 16.6. The van der Waals surface area contributed by atoms with Crippen molar-refractivity contribution in [2.24, 2.45) is 0 Å². The Morgan fingerprint density at radius 2 is 2.04 bits per heavy atom. The lowest BCUT2D eigenvalue weighted by Crippen LogP contribution is -2.18. The molecule has 0 unspecified atom stereocenters. The van der Waals surface area contributed by atoms with Crippen LogP contribution in [0.3, 0.4) is 0 Å². The molecule has 4 aromatic rings. The van der Waals surface area contributed by atoms with E-state index in [1.165, 1.54) is 18.2 Å². The summed E-state index contributed by atoms with van der Waals surface area (Å²) in [5.74, 6) is 1.27. The monoisotopic (exact) mass is 443 g/mol. The molecular formula is C19H14BrN3O3S. The van der Waals surface area contributed by atoms with E-state index in [1.807, 2.05) is 42.5 Å². The highest BCUT2D eigenvalue weighted by atomic mass is 79.9. The van der Waals surface area contributed by atoms with Crippen LogP contribution in [0, 0.1) is 0 Å². The number of anilines is 1. The molecule has 0 fully saturated rings. The number of rotatable bonds is 5. The van der Waals surface area contributed by atoms with E-state index in [1.54, 1.807) is 23.8 Å². The highest BCUT2D eigenvalue weighted by Crippen LogP contribution is 2.30. The van der Waals surface area contributed by atoms with E-state index in [9.17, 15) is 4.79 Å². The number of methoxy groups -OCH3 is 1. The van der Waals surface area contributed by atoms with E-state index < -0.39 is 0 Å². The molecule has 6 nitrogen and oxygen atoms in total. The highest BCUT2D eigenvalue weighted by Gasteiger charge is 2.12. The Hall–Kier alpha value is -2.71. The van der Waals surface area contributed by atoms with Crippen LogP contribution in [0.15, 0.2) is 79.5 Å². The Morgan fingerprint density at radius 1 is 1.15 bits per heavy atom. The first kappa shape index (κ1) is 17.7. The van der Waals surface area contributed by atoms with Crippen molar-refractivity contribution in [3.8, 4) is 11.4 Å². The first-order chi connectivity index (χ1) is 13.2. The van der Waals surface area contributed by atoms with Crippen molar-refractivity contribution in [1.29, 1.82) is 0 Å². The first-order valence-corrected chi connectivity index (χ1v) is 9.59. The van der Waals surface area contributed by atoms with Crippen LogP contribution in [0.4, 0.5) is 5.82 Å². The van der Waals surface area contributed by atoms with Gasteiger partial charge in [-0.1, -0.05) is 21.1 Å². The summed E-state index contributed by atoms with van der Waals surface area (Å²) in [5, 5.41) is 4.75. The molecule has 0 saturated heterocycles. The number of nitrogens with zero attached hydrogens (tertiary/aromatic N) is 2. The fraction of sp³-hybridized carbons (Fsp3) is 0.0526. The zero-order valence-electron chi connectivity index (χ0n) is 14.2. The third-order valence-corrected chi connectivity index (χ3v) is 5.25. The number of pyridine rings is 1. The Morgan fingerprint density at radius 3 is 2.81 bits per heavy atom. The van der Waals surface area contributed by atoms with Crippen LogP contribution in [0.25, 0.3) is 16.6 Å². The van der Waals surface area contributed by atoms with Crippen molar-refractivity contribution in [3.63, 3.8) is 0 Å². The molecule has 0 atom stereocenters. The maximum absolute atomic E-state index is 12.6. The van der Waals surface area contributed by atoms with E-state index in [-0.39, 0.29) is 5.56 Å². The molecule has 1 N–H and O–H groups in total. The van der Waals surface area contributed by atoms with E-state index >= 15 is 0 Å². The number of hydrogen-bond acceptors (Lipinski definition) is 6. The highest BCUT2D eigenvalue weighted by molar-refractivity contribution is 9.10. The molecule has 2 aromatic heterocycles. The van der Waals surface area contributed by atoms with Gasteiger partial charge in [0.1, 0.15) is 12.0 Å². The molecule has 2 aromatic carbocycles. The smallest absolute Gasteiger partial charge is 0.255 e. The van der Waals surface area contributed by atoms with Gasteiger partial charge < -0.3 is 14.0 Å². The molecule has 4 rings (SSSR count). The number of benzene rings is 2. The van der Waals surface area contributed by atoms with Crippen molar-refractivity contribution >= 4 is 44.6 Å². The average Bonchev–Trinajstić information content (AvgIpc) is 3.20. The predicted octanol–water partition coefficient (Wildman–Crippen LogP) is 4.87. The van der Waals surface area contributed by atoms with E-state index in [4.69, 9.17) is 9.26 Å². The minimum absolute atomic E-state index is 0.125. The van der Waals surface area contributed by atoms with Crippen LogP contribution in [0.1, 0.15) is 0 Å². The number of fused-ring (bicyclic) bond motifs is 1. The fourth-order valence-corrected chi connectivity index (χ4v) is 3.75. The minimum atomic E-state index is -0.125. The number of aromatic nitrogens is 2. The van der Waals surface area contributed by atoms with Gasteiger partial charge in [0.15, 0.2) is 5.82 Å². The summed E-state index contributed by atoms with van der Waals surface area (Å²) in [7, 11) is 1.59. The van der Waals surface area contributed by atoms with Crippen LogP contribution >= 0.6 is 27.9 Å². The van der Waals surface area contributed by atoms with Gasteiger partial charge in [0.05, 0.1) is 18.3 Å². The predicted molar refractivity (Wildman–Crippen MR) is 110 cm³/mol. The third kappa shape index (κ3) is 3.58. The van der Waals surface area contributed by atoms with Crippen molar-refractivity contribution in [3.05, 3.63) is 75.7 Å². The van der Waals surface area contributed by atoms with Gasteiger partial charge in [0.2, 0.25) is 0 Å². The lowest BCUT2D eigenvalue weighted by Gasteiger charge is -2.14. The second kappa shape index (κ2) is 7.50.